The van der Waals surface area contributed by atoms with Gasteiger partial charge in [0.1, 0.15) is 0 Å². The molecule has 0 bridgehead atoms. The number of aromatic amines is 1. The number of aromatic nitrogens is 2. The molecule has 7 nitrogen and oxygen atoms in total. The van der Waals surface area contributed by atoms with Gasteiger partial charge in [0, 0.05) is 25.9 Å². The number of fused-ring (bicyclic) bond motifs is 1. The first-order valence-corrected chi connectivity index (χ1v) is 9.62. The van der Waals surface area contributed by atoms with Gasteiger partial charge in [-0.05, 0) is 37.2 Å². The highest BCUT2D eigenvalue weighted by molar-refractivity contribution is 7.71. The minimum Gasteiger partial charge on any atom is -0.356 e. The standard InChI is InChI=1S/C20H24N4O3S/c1-2-12-21-18(26)11-13-22-17(25)10-4-3-7-14-24-19(27)15-8-5-6-9-16(15)23-20(24)28/h1,5-6,8-9H,3-4,7,10-14H2,(H,21,26)(H,22,25)(H,23,28). The third-order valence-corrected chi connectivity index (χ3v) is 4.56. The van der Waals surface area contributed by atoms with Crippen molar-refractivity contribution in [3.63, 3.8) is 0 Å². The van der Waals surface area contributed by atoms with Crippen LogP contribution in [-0.2, 0) is 16.1 Å². The van der Waals surface area contributed by atoms with E-state index in [1.54, 1.807) is 10.6 Å². The van der Waals surface area contributed by atoms with E-state index in [1.807, 2.05) is 18.2 Å². The zero-order valence-corrected chi connectivity index (χ0v) is 16.4. The van der Waals surface area contributed by atoms with E-state index < -0.39 is 0 Å². The maximum Gasteiger partial charge on any atom is 0.262 e. The molecule has 0 saturated heterocycles. The number of nitrogens with one attached hydrogen (secondary N) is 3. The van der Waals surface area contributed by atoms with Crippen LogP contribution in [0.4, 0.5) is 0 Å². The number of amides is 2. The van der Waals surface area contributed by atoms with Gasteiger partial charge in [-0.1, -0.05) is 24.5 Å². The number of carbonyl (C=O) groups is 2. The second-order valence-corrected chi connectivity index (χ2v) is 6.71. The highest BCUT2D eigenvalue weighted by atomic mass is 32.1. The van der Waals surface area contributed by atoms with Crippen LogP contribution in [0.25, 0.3) is 10.9 Å². The van der Waals surface area contributed by atoms with Crippen molar-refractivity contribution in [1.29, 1.82) is 0 Å². The molecule has 0 aliphatic carbocycles. The summed E-state index contributed by atoms with van der Waals surface area (Å²) in [6.07, 6.45) is 7.88. The summed E-state index contributed by atoms with van der Waals surface area (Å²) in [6, 6.07) is 7.28. The number of unbranched alkanes of at least 4 members (excludes halogenated alkanes) is 2. The molecule has 0 spiro atoms. The molecule has 3 N–H and O–H groups in total. The second-order valence-electron chi connectivity index (χ2n) is 6.32. The summed E-state index contributed by atoms with van der Waals surface area (Å²) >= 11 is 5.28. The number of H-pyrrole nitrogens is 1. The summed E-state index contributed by atoms with van der Waals surface area (Å²) < 4.78 is 1.97. The van der Waals surface area contributed by atoms with E-state index in [0.29, 0.717) is 29.5 Å². The molecule has 1 heterocycles. The van der Waals surface area contributed by atoms with Gasteiger partial charge in [-0.3, -0.25) is 19.0 Å². The zero-order chi connectivity index (χ0) is 20.4. The highest BCUT2D eigenvalue weighted by Gasteiger charge is 2.06. The Morgan fingerprint density at radius 3 is 2.64 bits per heavy atom. The van der Waals surface area contributed by atoms with Gasteiger partial charge in [-0.25, -0.2) is 0 Å². The van der Waals surface area contributed by atoms with E-state index in [-0.39, 0.29) is 36.9 Å². The van der Waals surface area contributed by atoms with Gasteiger partial charge in [-0.15, -0.1) is 6.42 Å². The monoisotopic (exact) mass is 400 g/mol. The first-order valence-electron chi connectivity index (χ1n) is 9.21. The number of terminal acetylenes is 1. The van der Waals surface area contributed by atoms with Crippen LogP contribution < -0.4 is 16.2 Å². The molecule has 0 fully saturated rings. The van der Waals surface area contributed by atoms with Crippen molar-refractivity contribution in [3.8, 4) is 12.3 Å². The topological polar surface area (TPSA) is 96.0 Å². The number of hydrogen-bond donors (Lipinski definition) is 3. The van der Waals surface area contributed by atoms with Crippen molar-refractivity contribution in [1.82, 2.24) is 20.2 Å². The van der Waals surface area contributed by atoms with E-state index in [9.17, 15) is 14.4 Å². The largest absolute Gasteiger partial charge is 0.356 e. The van der Waals surface area contributed by atoms with E-state index in [0.717, 1.165) is 18.4 Å². The molecule has 0 atom stereocenters. The molecule has 0 radical (unpaired) electrons. The summed E-state index contributed by atoms with van der Waals surface area (Å²) in [4.78, 5) is 38.7. The van der Waals surface area contributed by atoms with Gasteiger partial charge in [0.15, 0.2) is 4.77 Å². The number of rotatable bonds is 10. The first-order chi connectivity index (χ1) is 13.5. The fourth-order valence-electron chi connectivity index (χ4n) is 2.78. The third-order valence-electron chi connectivity index (χ3n) is 4.24. The van der Waals surface area contributed by atoms with Crippen molar-refractivity contribution >= 4 is 34.9 Å². The number of hydrogen-bond acceptors (Lipinski definition) is 4. The van der Waals surface area contributed by atoms with Crippen molar-refractivity contribution in [2.24, 2.45) is 0 Å². The molecule has 0 unspecified atom stereocenters. The smallest absolute Gasteiger partial charge is 0.262 e. The van der Waals surface area contributed by atoms with Crippen molar-refractivity contribution < 1.29 is 9.59 Å². The fraction of sp³-hybridized carbons (Fsp3) is 0.400. The van der Waals surface area contributed by atoms with Gasteiger partial charge in [-0.2, -0.15) is 0 Å². The average molecular weight is 401 g/mol. The first kappa shape index (κ1) is 21.4. The molecular weight excluding hydrogens is 376 g/mol. The lowest BCUT2D eigenvalue weighted by molar-refractivity contribution is -0.122. The average Bonchev–Trinajstić information content (AvgIpc) is 2.68. The van der Waals surface area contributed by atoms with Crippen LogP contribution in [0, 0.1) is 17.1 Å². The number of nitrogens with zero attached hydrogens (tertiary/aromatic N) is 1. The summed E-state index contributed by atoms with van der Waals surface area (Å²) in [7, 11) is 0. The molecule has 0 saturated carbocycles. The summed E-state index contributed by atoms with van der Waals surface area (Å²) in [5.74, 6) is 2.04. The van der Waals surface area contributed by atoms with Gasteiger partial charge < -0.3 is 15.6 Å². The third kappa shape index (κ3) is 6.35. The normalized spacial score (nSPS) is 10.4. The Labute approximate surface area is 168 Å². The van der Waals surface area contributed by atoms with E-state index in [2.05, 4.69) is 21.5 Å². The maximum atomic E-state index is 12.5. The molecule has 28 heavy (non-hydrogen) atoms. The lowest BCUT2D eigenvalue weighted by atomic mass is 10.2. The van der Waals surface area contributed by atoms with Crippen LogP contribution in [0.15, 0.2) is 29.1 Å². The highest BCUT2D eigenvalue weighted by Crippen LogP contribution is 2.07. The van der Waals surface area contributed by atoms with Crippen LogP contribution in [0.2, 0.25) is 0 Å². The number of para-hydroxylation sites is 1. The predicted molar refractivity (Wildman–Crippen MR) is 111 cm³/mol. The maximum absolute atomic E-state index is 12.5. The zero-order valence-electron chi connectivity index (χ0n) is 15.6. The molecule has 2 rings (SSSR count). The molecule has 2 aromatic rings. The van der Waals surface area contributed by atoms with Gasteiger partial charge in [0.25, 0.3) is 5.56 Å². The Morgan fingerprint density at radius 2 is 1.86 bits per heavy atom. The minimum absolute atomic E-state index is 0.0927. The lowest BCUT2D eigenvalue weighted by Crippen LogP contribution is -2.30. The van der Waals surface area contributed by atoms with Crippen molar-refractivity contribution in [3.05, 3.63) is 39.4 Å². The molecule has 0 aliphatic rings. The van der Waals surface area contributed by atoms with Crippen LogP contribution in [0.3, 0.4) is 0 Å². The Bertz CT molecular complexity index is 987. The number of carbonyl (C=O) groups excluding carboxylic acids is 2. The SMILES string of the molecule is C#CCNC(=O)CCNC(=O)CCCCCn1c(=S)[nH]c2ccccc2c1=O. The molecule has 1 aromatic carbocycles. The van der Waals surface area contributed by atoms with E-state index in [4.69, 9.17) is 18.6 Å². The van der Waals surface area contributed by atoms with Crippen molar-refractivity contribution in [2.45, 2.75) is 38.6 Å². The van der Waals surface area contributed by atoms with E-state index >= 15 is 0 Å². The molecule has 8 heteroatoms. The van der Waals surface area contributed by atoms with Crippen molar-refractivity contribution in [2.75, 3.05) is 13.1 Å². The fourth-order valence-corrected chi connectivity index (χ4v) is 3.06. The van der Waals surface area contributed by atoms with Crippen LogP contribution in [0.5, 0.6) is 0 Å². The number of benzene rings is 1. The Hall–Kier alpha value is -2.92. The van der Waals surface area contributed by atoms with Gasteiger partial charge in [0.05, 0.1) is 17.4 Å². The van der Waals surface area contributed by atoms with Gasteiger partial charge >= 0.3 is 0 Å². The molecule has 148 valence electrons. The van der Waals surface area contributed by atoms with E-state index in [1.165, 1.54) is 0 Å². The summed E-state index contributed by atoms with van der Waals surface area (Å²) in [6.45, 7) is 0.990. The Balaban J connectivity index is 1.69. The summed E-state index contributed by atoms with van der Waals surface area (Å²) in [5.41, 5.74) is 0.638. The molecule has 0 aliphatic heterocycles. The Kier molecular flexibility index (Phi) is 8.43. The molecular formula is C20H24N4O3S. The lowest BCUT2D eigenvalue weighted by Gasteiger charge is -2.08. The van der Waals surface area contributed by atoms with Crippen LogP contribution in [-0.4, -0.2) is 34.5 Å². The van der Waals surface area contributed by atoms with Crippen LogP contribution >= 0.6 is 12.2 Å². The molecule has 1 aromatic heterocycles. The minimum atomic E-state index is -0.185. The molecule has 2 amide bonds. The second kappa shape index (κ2) is 11.0. The van der Waals surface area contributed by atoms with Gasteiger partial charge in [0.2, 0.25) is 11.8 Å². The quantitative estimate of drug-likeness (QED) is 0.322. The predicted octanol–water partition coefficient (Wildman–Crippen LogP) is 1.88. The Morgan fingerprint density at radius 1 is 1.11 bits per heavy atom. The van der Waals surface area contributed by atoms with Crippen LogP contribution in [0.1, 0.15) is 32.1 Å². The summed E-state index contributed by atoms with van der Waals surface area (Å²) in [5, 5.41) is 5.86.